The van der Waals surface area contributed by atoms with Crippen molar-refractivity contribution < 1.29 is 19.2 Å². The molecular weight excluding hydrogens is 372 g/mol. The van der Waals surface area contributed by atoms with Crippen LogP contribution in [-0.4, -0.2) is 46.8 Å². The molecule has 0 radical (unpaired) electrons. The van der Waals surface area contributed by atoms with Crippen LogP contribution in [0.15, 0.2) is 30.3 Å². The Morgan fingerprint density at radius 2 is 1.86 bits per heavy atom. The summed E-state index contributed by atoms with van der Waals surface area (Å²) in [6.45, 7) is 4.19. The van der Waals surface area contributed by atoms with Crippen LogP contribution in [0.2, 0.25) is 0 Å². The molecule has 1 saturated heterocycles. The number of urea groups is 1. The Morgan fingerprint density at radius 3 is 2.41 bits per heavy atom. The molecule has 2 aliphatic rings. The van der Waals surface area contributed by atoms with E-state index in [1.807, 2.05) is 25.1 Å². The molecule has 156 valence electrons. The zero-order chi connectivity index (χ0) is 21.0. The minimum absolute atomic E-state index is 0.0675. The molecule has 3 N–H and O–H groups in total. The molecule has 1 heterocycles. The van der Waals surface area contributed by atoms with E-state index in [0.29, 0.717) is 37.9 Å². The van der Waals surface area contributed by atoms with Crippen LogP contribution in [-0.2, 0) is 14.4 Å². The average molecular weight is 400 g/mol. The zero-order valence-electron chi connectivity index (χ0n) is 16.9. The number of anilines is 1. The molecular formula is C21H28N4O4. The Morgan fingerprint density at radius 1 is 1.21 bits per heavy atom. The SMILES string of the molecule is CCCN(C(=O)C1CCC2(CC1)NC(=O)NC2=O)C(C)C(=O)Nc1ccccc1. The number of amides is 5. The van der Waals surface area contributed by atoms with Gasteiger partial charge in [-0.25, -0.2) is 4.79 Å². The van der Waals surface area contributed by atoms with Gasteiger partial charge in [-0.3, -0.25) is 19.7 Å². The molecule has 0 bridgehead atoms. The van der Waals surface area contributed by atoms with Crippen molar-refractivity contribution in [1.29, 1.82) is 0 Å². The molecule has 2 fully saturated rings. The zero-order valence-corrected chi connectivity index (χ0v) is 16.9. The highest BCUT2D eigenvalue weighted by atomic mass is 16.2. The summed E-state index contributed by atoms with van der Waals surface area (Å²) >= 11 is 0. The molecule has 3 rings (SSSR count). The molecule has 1 unspecified atom stereocenters. The highest BCUT2D eigenvalue weighted by Crippen LogP contribution is 2.35. The number of nitrogens with zero attached hydrogens (tertiary/aromatic N) is 1. The fraction of sp³-hybridized carbons (Fsp3) is 0.524. The fourth-order valence-electron chi connectivity index (χ4n) is 4.12. The van der Waals surface area contributed by atoms with E-state index in [9.17, 15) is 19.2 Å². The van der Waals surface area contributed by atoms with Crippen molar-refractivity contribution in [3.63, 3.8) is 0 Å². The third-order valence-electron chi connectivity index (χ3n) is 5.84. The second kappa shape index (κ2) is 8.63. The van der Waals surface area contributed by atoms with E-state index in [1.165, 1.54) is 0 Å². The molecule has 1 saturated carbocycles. The van der Waals surface area contributed by atoms with Crippen molar-refractivity contribution in [3.05, 3.63) is 30.3 Å². The van der Waals surface area contributed by atoms with Gasteiger partial charge in [0, 0.05) is 18.2 Å². The van der Waals surface area contributed by atoms with Gasteiger partial charge in [0.25, 0.3) is 5.91 Å². The van der Waals surface area contributed by atoms with Crippen molar-refractivity contribution >= 4 is 29.4 Å². The molecule has 1 spiro atoms. The van der Waals surface area contributed by atoms with Gasteiger partial charge in [0.05, 0.1) is 0 Å². The van der Waals surface area contributed by atoms with Gasteiger partial charge >= 0.3 is 6.03 Å². The molecule has 1 aliphatic carbocycles. The lowest BCUT2D eigenvalue weighted by atomic mass is 9.76. The quantitative estimate of drug-likeness (QED) is 0.635. The van der Waals surface area contributed by atoms with Gasteiger partial charge in [-0.2, -0.15) is 0 Å². The second-order valence-electron chi connectivity index (χ2n) is 7.83. The fourth-order valence-corrected chi connectivity index (χ4v) is 4.12. The molecule has 0 aromatic heterocycles. The first-order valence-electron chi connectivity index (χ1n) is 10.2. The van der Waals surface area contributed by atoms with Crippen LogP contribution in [0.4, 0.5) is 10.5 Å². The number of imide groups is 1. The summed E-state index contributed by atoms with van der Waals surface area (Å²) in [5.41, 5.74) is -0.199. The first kappa shape index (κ1) is 20.8. The number of para-hydroxylation sites is 1. The topological polar surface area (TPSA) is 108 Å². The van der Waals surface area contributed by atoms with Crippen molar-refractivity contribution in [3.8, 4) is 0 Å². The first-order chi connectivity index (χ1) is 13.9. The summed E-state index contributed by atoms with van der Waals surface area (Å²) in [6.07, 6.45) is 2.58. The maximum absolute atomic E-state index is 13.2. The summed E-state index contributed by atoms with van der Waals surface area (Å²) in [6, 6.07) is 8.08. The Hall–Kier alpha value is -2.90. The number of carbonyl (C=O) groups is 4. The molecule has 1 aliphatic heterocycles. The van der Waals surface area contributed by atoms with Crippen LogP contribution in [0.25, 0.3) is 0 Å². The van der Waals surface area contributed by atoms with Crippen LogP contribution in [0.1, 0.15) is 46.0 Å². The first-order valence-corrected chi connectivity index (χ1v) is 10.2. The third kappa shape index (κ3) is 4.41. The van der Waals surface area contributed by atoms with Gasteiger partial charge < -0.3 is 15.5 Å². The van der Waals surface area contributed by atoms with Crippen molar-refractivity contribution in [2.24, 2.45) is 5.92 Å². The molecule has 1 atom stereocenters. The summed E-state index contributed by atoms with van der Waals surface area (Å²) in [4.78, 5) is 51.1. The predicted octanol–water partition coefficient (Wildman–Crippen LogP) is 2.02. The number of hydrogen-bond acceptors (Lipinski definition) is 4. The average Bonchev–Trinajstić information content (AvgIpc) is 2.99. The molecule has 8 nitrogen and oxygen atoms in total. The lowest BCUT2D eigenvalue weighted by Gasteiger charge is -2.37. The lowest BCUT2D eigenvalue weighted by Crippen LogP contribution is -2.53. The van der Waals surface area contributed by atoms with Crippen molar-refractivity contribution in [1.82, 2.24) is 15.5 Å². The number of hydrogen-bond donors (Lipinski definition) is 3. The van der Waals surface area contributed by atoms with E-state index in [4.69, 9.17) is 0 Å². The molecule has 8 heteroatoms. The minimum atomic E-state index is -0.889. The van der Waals surface area contributed by atoms with E-state index in [2.05, 4.69) is 16.0 Å². The number of rotatable bonds is 6. The van der Waals surface area contributed by atoms with E-state index < -0.39 is 17.6 Å². The summed E-state index contributed by atoms with van der Waals surface area (Å²) in [5, 5.41) is 7.85. The normalized spacial score (nSPS) is 24.6. The predicted molar refractivity (Wildman–Crippen MR) is 108 cm³/mol. The molecule has 5 amide bonds. The third-order valence-corrected chi connectivity index (χ3v) is 5.84. The van der Waals surface area contributed by atoms with Crippen LogP contribution < -0.4 is 16.0 Å². The molecule has 29 heavy (non-hydrogen) atoms. The van der Waals surface area contributed by atoms with Gasteiger partial charge in [-0.15, -0.1) is 0 Å². The van der Waals surface area contributed by atoms with E-state index in [1.54, 1.807) is 24.0 Å². The van der Waals surface area contributed by atoms with Gasteiger partial charge in [0.2, 0.25) is 11.8 Å². The van der Waals surface area contributed by atoms with E-state index in [0.717, 1.165) is 6.42 Å². The van der Waals surface area contributed by atoms with Crippen molar-refractivity contribution in [2.45, 2.75) is 57.5 Å². The largest absolute Gasteiger partial charge is 0.331 e. The Labute approximate surface area is 170 Å². The molecule has 1 aromatic rings. The summed E-state index contributed by atoms with van der Waals surface area (Å²) in [7, 11) is 0. The van der Waals surface area contributed by atoms with Crippen LogP contribution in [0, 0.1) is 5.92 Å². The van der Waals surface area contributed by atoms with Gasteiger partial charge in [-0.1, -0.05) is 25.1 Å². The van der Waals surface area contributed by atoms with E-state index in [-0.39, 0.29) is 23.6 Å². The highest BCUT2D eigenvalue weighted by Gasteiger charge is 2.49. The standard InChI is InChI=1S/C21H28N4O4/c1-3-13-25(14(2)17(26)22-16-7-5-4-6-8-16)18(27)15-9-11-21(12-10-15)19(28)23-20(29)24-21/h4-8,14-15H,3,9-13H2,1-2H3,(H,22,26)(H2,23,24,28,29). The lowest BCUT2D eigenvalue weighted by molar-refractivity contribution is -0.143. The van der Waals surface area contributed by atoms with Gasteiger partial charge in [0.15, 0.2) is 0 Å². The number of nitrogens with one attached hydrogen (secondary N) is 3. The number of benzene rings is 1. The van der Waals surface area contributed by atoms with Gasteiger partial charge in [-0.05, 0) is 51.2 Å². The second-order valence-corrected chi connectivity index (χ2v) is 7.83. The maximum Gasteiger partial charge on any atom is 0.322 e. The summed E-state index contributed by atoms with van der Waals surface area (Å²) in [5.74, 6) is -0.867. The Balaban J connectivity index is 1.64. The smallest absolute Gasteiger partial charge is 0.322 e. The summed E-state index contributed by atoms with van der Waals surface area (Å²) < 4.78 is 0. The van der Waals surface area contributed by atoms with Crippen LogP contribution in [0.3, 0.4) is 0 Å². The maximum atomic E-state index is 13.2. The molecule has 1 aromatic carbocycles. The van der Waals surface area contributed by atoms with Crippen LogP contribution >= 0.6 is 0 Å². The Kier molecular flexibility index (Phi) is 6.20. The van der Waals surface area contributed by atoms with Crippen LogP contribution in [0.5, 0.6) is 0 Å². The van der Waals surface area contributed by atoms with E-state index >= 15 is 0 Å². The monoisotopic (exact) mass is 400 g/mol. The number of carbonyl (C=O) groups excluding carboxylic acids is 4. The Bertz CT molecular complexity index is 787. The van der Waals surface area contributed by atoms with Gasteiger partial charge in [0.1, 0.15) is 11.6 Å². The van der Waals surface area contributed by atoms with Crippen molar-refractivity contribution in [2.75, 3.05) is 11.9 Å². The minimum Gasteiger partial charge on any atom is -0.331 e. The highest BCUT2D eigenvalue weighted by molar-refractivity contribution is 6.07.